The minimum atomic E-state index is -0.967. The Balaban J connectivity index is 2.17. The maximum absolute atomic E-state index is 10.6. The van der Waals surface area contributed by atoms with Gasteiger partial charge in [-0.05, 0) is 24.5 Å². The Morgan fingerprint density at radius 1 is 1.44 bits per heavy atom. The van der Waals surface area contributed by atoms with Crippen molar-refractivity contribution in [3.05, 3.63) is 23.9 Å². The van der Waals surface area contributed by atoms with Gasteiger partial charge >= 0.3 is 5.97 Å². The van der Waals surface area contributed by atoms with Crippen LogP contribution in [0.1, 0.15) is 30.6 Å². The van der Waals surface area contributed by atoms with Crippen molar-refractivity contribution in [3.8, 4) is 0 Å². The molecule has 5 heteroatoms. The van der Waals surface area contributed by atoms with Gasteiger partial charge in [0.25, 0.3) is 0 Å². The molecule has 0 atom stereocenters. The van der Waals surface area contributed by atoms with Crippen LogP contribution in [0.25, 0.3) is 0 Å². The van der Waals surface area contributed by atoms with E-state index in [9.17, 15) is 4.79 Å². The Kier molecular flexibility index (Phi) is 6.14. The van der Waals surface area contributed by atoms with Crippen LogP contribution in [-0.2, 0) is 4.74 Å². The normalized spacial score (nSPS) is 10.6. The van der Waals surface area contributed by atoms with E-state index in [1.54, 1.807) is 6.07 Å². The molecule has 0 unspecified atom stereocenters. The summed E-state index contributed by atoms with van der Waals surface area (Å²) in [6.45, 7) is 6.38. The Labute approximate surface area is 107 Å². The fourth-order valence-electron chi connectivity index (χ4n) is 1.30. The van der Waals surface area contributed by atoms with Crippen molar-refractivity contribution >= 4 is 11.8 Å². The maximum atomic E-state index is 10.6. The highest BCUT2D eigenvalue weighted by molar-refractivity contribution is 5.87. The van der Waals surface area contributed by atoms with E-state index in [1.165, 1.54) is 12.3 Å². The molecule has 1 aromatic heterocycles. The number of hydrogen-bond acceptors (Lipinski definition) is 4. The van der Waals surface area contributed by atoms with Crippen LogP contribution in [0.4, 0.5) is 5.82 Å². The average molecular weight is 252 g/mol. The minimum Gasteiger partial charge on any atom is -0.478 e. The van der Waals surface area contributed by atoms with Gasteiger partial charge in [0.2, 0.25) is 0 Å². The average Bonchev–Trinajstić information content (AvgIpc) is 2.34. The largest absolute Gasteiger partial charge is 0.478 e. The lowest BCUT2D eigenvalue weighted by atomic mass is 10.1. The molecule has 0 aliphatic rings. The second-order valence-electron chi connectivity index (χ2n) is 4.46. The van der Waals surface area contributed by atoms with Crippen LogP contribution < -0.4 is 5.32 Å². The smallest absolute Gasteiger partial charge is 0.337 e. The molecule has 0 fully saturated rings. The summed E-state index contributed by atoms with van der Waals surface area (Å²) in [6.07, 6.45) is 2.40. The van der Waals surface area contributed by atoms with Crippen LogP contribution in [0.5, 0.6) is 0 Å². The summed E-state index contributed by atoms with van der Waals surface area (Å²) in [5.41, 5.74) is 0.189. The van der Waals surface area contributed by atoms with Gasteiger partial charge in [-0.1, -0.05) is 13.8 Å². The molecule has 0 bridgehead atoms. The quantitative estimate of drug-likeness (QED) is 0.694. The molecule has 0 spiro atoms. The Morgan fingerprint density at radius 3 is 2.78 bits per heavy atom. The van der Waals surface area contributed by atoms with E-state index in [-0.39, 0.29) is 5.56 Å². The molecule has 1 rings (SSSR count). The number of rotatable bonds is 8. The molecule has 2 N–H and O–H groups in total. The zero-order valence-corrected chi connectivity index (χ0v) is 10.8. The zero-order chi connectivity index (χ0) is 13.4. The predicted molar refractivity (Wildman–Crippen MR) is 70.0 cm³/mol. The van der Waals surface area contributed by atoms with Gasteiger partial charge in [-0.3, -0.25) is 0 Å². The van der Waals surface area contributed by atoms with E-state index in [4.69, 9.17) is 9.84 Å². The van der Waals surface area contributed by atoms with Gasteiger partial charge in [0, 0.05) is 19.3 Å². The second-order valence-corrected chi connectivity index (χ2v) is 4.46. The highest BCUT2D eigenvalue weighted by atomic mass is 16.5. The number of nitrogens with zero attached hydrogens (tertiary/aromatic N) is 1. The first-order valence-electron chi connectivity index (χ1n) is 6.10. The number of nitrogens with one attached hydrogen (secondary N) is 1. The summed E-state index contributed by atoms with van der Waals surface area (Å²) in [7, 11) is 0. The number of carboxylic acid groups (broad SMARTS) is 1. The standard InChI is InChI=1S/C13H20N2O3/c1-10(2)5-7-18-8-6-14-12-4-3-11(9-15-12)13(16)17/h3-4,9-10H,5-8H2,1-2H3,(H,14,15)(H,16,17). The SMILES string of the molecule is CC(C)CCOCCNc1ccc(C(=O)O)cn1. The molecule has 18 heavy (non-hydrogen) atoms. The number of pyridine rings is 1. The molecule has 0 aromatic carbocycles. The van der Waals surface area contributed by atoms with E-state index < -0.39 is 5.97 Å². The summed E-state index contributed by atoms with van der Waals surface area (Å²) < 4.78 is 5.44. The van der Waals surface area contributed by atoms with Gasteiger partial charge in [0.05, 0.1) is 12.2 Å². The van der Waals surface area contributed by atoms with Gasteiger partial charge in [-0.2, -0.15) is 0 Å². The van der Waals surface area contributed by atoms with Crippen LogP contribution >= 0.6 is 0 Å². The number of carbonyl (C=O) groups is 1. The summed E-state index contributed by atoms with van der Waals surface area (Å²) in [6, 6.07) is 3.18. The molecule has 1 aromatic rings. The van der Waals surface area contributed by atoms with E-state index in [2.05, 4.69) is 24.1 Å². The van der Waals surface area contributed by atoms with E-state index in [0.717, 1.165) is 13.0 Å². The lowest BCUT2D eigenvalue weighted by Crippen LogP contribution is -2.11. The fourth-order valence-corrected chi connectivity index (χ4v) is 1.30. The van der Waals surface area contributed by atoms with E-state index >= 15 is 0 Å². The van der Waals surface area contributed by atoms with Crippen molar-refractivity contribution in [1.82, 2.24) is 4.98 Å². The number of carboxylic acids is 1. The molecule has 0 radical (unpaired) electrons. The third kappa shape index (κ3) is 5.63. The first kappa shape index (κ1) is 14.4. The number of anilines is 1. The van der Waals surface area contributed by atoms with Crippen molar-refractivity contribution in [3.63, 3.8) is 0 Å². The molecule has 1 heterocycles. The van der Waals surface area contributed by atoms with Crippen molar-refractivity contribution in [2.24, 2.45) is 5.92 Å². The first-order valence-corrected chi connectivity index (χ1v) is 6.10. The third-order valence-corrected chi connectivity index (χ3v) is 2.40. The summed E-state index contributed by atoms with van der Waals surface area (Å²) in [4.78, 5) is 14.6. The van der Waals surface area contributed by atoms with Crippen molar-refractivity contribution < 1.29 is 14.6 Å². The van der Waals surface area contributed by atoms with Crippen LogP contribution in [0.3, 0.4) is 0 Å². The van der Waals surface area contributed by atoms with E-state index in [0.29, 0.717) is 24.9 Å². The zero-order valence-electron chi connectivity index (χ0n) is 10.8. The van der Waals surface area contributed by atoms with Crippen molar-refractivity contribution in [1.29, 1.82) is 0 Å². The molecule has 5 nitrogen and oxygen atoms in total. The van der Waals surface area contributed by atoms with Crippen molar-refractivity contribution in [2.45, 2.75) is 20.3 Å². The maximum Gasteiger partial charge on any atom is 0.337 e. The van der Waals surface area contributed by atoms with E-state index in [1.807, 2.05) is 0 Å². The second kappa shape index (κ2) is 7.66. The summed E-state index contributed by atoms with van der Waals surface area (Å²) >= 11 is 0. The van der Waals surface area contributed by atoms with Crippen LogP contribution in [-0.4, -0.2) is 35.8 Å². The van der Waals surface area contributed by atoms with Gasteiger partial charge in [-0.25, -0.2) is 9.78 Å². The summed E-state index contributed by atoms with van der Waals surface area (Å²) in [5.74, 6) is 0.349. The van der Waals surface area contributed by atoms with Gasteiger partial charge in [-0.15, -0.1) is 0 Å². The van der Waals surface area contributed by atoms with Crippen LogP contribution in [0, 0.1) is 5.92 Å². The molecule has 0 saturated heterocycles. The highest BCUT2D eigenvalue weighted by Gasteiger charge is 2.02. The number of hydrogen-bond donors (Lipinski definition) is 2. The third-order valence-electron chi connectivity index (χ3n) is 2.40. The van der Waals surface area contributed by atoms with Gasteiger partial charge < -0.3 is 15.2 Å². The first-order chi connectivity index (χ1) is 8.59. The highest BCUT2D eigenvalue weighted by Crippen LogP contribution is 2.04. The predicted octanol–water partition coefficient (Wildman–Crippen LogP) is 2.25. The van der Waals surface area contributed by atoms with Gasteiger partial charge in [0.1, 0.15) is 5.82 Å². The molecule has 100 valence electrons. The Morgan fingerprint density at radius 2 is 2.22 bits per heavy atom. The lowest BCUT2D eigenvalue weighted by Gasteiger charge is -2.08. The topological polar surface area (TPSA) is 71.5 Å². The molecule has 0 aliphatic carbocycles. The van der Waals surface area contributed by atoms with Crippen LogP contribution in [0.15, 0.2) is 18.3 Å². The fraction of sp³-hybridized carbons (Fsp3) is 0.538. The molecular weight excluding hydrogens is 232 g/mol. The van der Waals surface area contributed by atoms with Crippen LogP contribution in [0.2, 0.25) is 0 Å². The molecule has 0 aliphatic heterocycles. The lowest BCUT2D eigenvalue weighted by molar-refractivity contribution is 0.0696. The molecular formula is C13H20N2O3. The number of aromatic carboxylic acids is 1. The number of aromatic nitrogens is 1. The Hall–Kier alpha value is -1.62. The molecule has 0 saturated carbocycles. The molecule has 0 amide bonds. The Bertz CT molecular complexity index is 363. The monoisotopic (exact) mass is 252 g/mol. The summed E-state index contributed by atoms with van der Waals surface area (Å²) in [5, 5.41) is 11.8. The minimum absolute atomic E-state index is 0.189. The van der Waals surface area contributed by atoms with Gasteiger partial charge in [0.15, 0.2) is 0 Å². The van der Waals surface area contributed by atoms with Crippen molar-refractivity contribution in [2.75, 3.05) is 25.1 Å². The number of ether oxygens (including phenoxy) is 1.